The third kappa shape index (κ3) is 3.99. The van der Waals surface area contributed by atoms with Gasteiger partial charge < -0.3 is 16.2 Å². The van der Waals surface area contributed by atoms with E-state index in [2.05, 4.69) is 17.2 Å². The first-order valence-electron chi connectivity index (χ1n) is 6.19. The van der Waals surface area contributed by atoms with E-state index in [1.54, 1.807) is 30.3 Å². The van der Waals surface area contributed by atoms with Crippen LogP contribution in [0, 0.1) is 11.8 Å². The lowest BCUT2D eigenvalue weighted by Crippen LogP contribution is -2.11. The van der Waals surface area contributed by atoms with Crippen molar-refractivity contribution in [3.8, 4) is 17.6 Å². The van der Waals surface area contributed by atoms with Crippen molar-refractivity contribution in [3.63, 3.8) is 0 Å². The zero-order valence-corrected chi connectivity index (χ0v) is 11.8. The molecule has 4 N–H and O–H groups in total. The zero-order chi connectivity index (χ0) is 15.2. The quantitative estimate of drug-likeness (QED) is 0.746. The smallest absolute Gasteiger partial charge is 0.255 e. The van der Waals surface area contributed by atoms with Crippen LogP contribution < -0.4 is 11.1 Å². The number of amides is 1. The maximum atomic E-state index is 12.1. The number of carbonyl (C=O) groups is 1. The van der Waals surface area contributed by atoms with Gasteiger partial charge in [-0.05, 0) is 36.4 Å². The van der Waals surface area contributed by atoms with Crippen molar-refractivity contribution in [2.45, 2.75) is 0 Å². The van der Waals surface area contributed by atoms with E-state index in [1.165, 1.54) is 12.1 Å². The van der Waals surface area contributed by atoms with Crippen LogP contribution in [0.25, 0.3) is 0 Å². The Morgan fingerprint density at radius 3 is 2.81 bits per heavy atom. The molecule has 2 aromatic carbocycles. The molecule has 0 aliphatic rings. The lowest BCUT2D eigenvalue weighted by molar-refractivity contribution is 0.102. The molecular weight excluding hydrogens is 288 g/mol. The van der Waals surface area contributed by atoms with E-state index >= 15 is 0 Å². The van der Waals surface area contributed by atoms with Crippen LogP contribution in [-0.4, -0.2) is 17.6 Å². The van der Waals surface area contributed by atoms with Crippen LogP contribution >= 0.6 is 11.6 Å². The molecule has 2 aromatic rings. The molecule has 5 heteroatoms. The number of phenolic OH excluding ortho intramolecular Hbond substituents is 1. The highest BCUT2D eigenvalue weighted by Crippen LogP contribution is 2.20. The number of benzene rings is 2. The second kappa shape index (κ2) is 6.80. The van der Waals surface area contributed by atoms with Gasteiger partial charge >= 0.3 is 0 Å². The minimum atomic E-state index is -0.328. The van der Waals surface area contributed by atoms with Crippen LogP contribution in [0.1, 0.15) is 15.9 Å². The first kappa shape index (κ1) is 14.9. The van der Waals surface area contributed by atoms with Crippen LogP contribution in [0.2, 0.25) is 5.02 Å². The van der Waals surface area contributed by atoms with Gasteiger partial charge in [0.1, 0.15) is 5.75 Å². The highest BCUT2D eigenvalue weighted by molar-refractivity contribution is 6.31. The Morgan fingerprint density at radius 2 is 2.10 bits per heavy atom. The molecular formula is C16H13ClN2O2. The van der Waals surface area contributed by atoms with Gasteiger partial charge in [-0.25, -0.2) is 0 Å². The van der Waals surface area contributed by atoms with Crippen molar-refractivity contribution in [1.82, 2.24) is 0 Å². The number of anilines is 1. The summed E-state index contributed by atoms with van der Waals surface area (Å²) < 4.78 is 0. The van der Waals surface area contributed by atoms with Crippen LogP contribution in [0.3, 0.4) is 0 Å². The predicted octanol–water partition coefficient (Wildman–Crippen LogP) is 2.61. The molecule has 2 rings (SSSR count). The van der Waals surface area contributed by atoms with Gasteiger partial charge in [-0.3, -0.25) is 4.79 Å². The minimum absolute atomic E-state index is 0.0354. The lowest BCUT2D eigenvalue weighted by Gasteiger charge is -2.07. The van der Waals surface area contributed by atoms with E-state index in [1.807, 2.05) is 0 Å². The topological polar surface area (TPSA) is 75.3 Å². The second-order valence-electron chi connectivity index (χ2n) is 4.20. The second-order valence-corrected chi connectivity index (χ2v) is 4.61. The summed E-state index contributed by atoms with van der Waals surface area (Å²) in [6.07, 6.45) is 0. The predicted molar refractivity (Wildman–Crippen MR) is 83.4 cm³/mol. The Balaban J connectivity index is 2.21. The van der Waals surface area contributed by atoms with E-state index in [0.29, 0.717) is 21.8 Å². The van der Waals surface area contributed by atoms with E-state index in [9.17, 15) is 9.90 Å². The number of hydrogen-bond acceptors (Lipinski definition) is 3. The van der Waals surface area contributed by atoms with Gasteiger partial charge in [-0.1, -0.05) is 29.5 Å². The molecule has 0 heterocycles. The normalized spacial score (nSPS) is 9.62. The molecule has 0 aliphatic heterocycles. The van der Waals surface area contributed by atoms with Gasteiger partial charge in [-0.2, -0.15) is 0 Å². The van der Waals surface area contributed by atoms with E-state index in [0.717, 1.165) is 0 Å². The van der Waals surface area contributed by atoms with Crippen LogP contribution in [0.4, 0.5) is 5.69 Å². The van der Waals surface area contributed by atoms with Crippen molar-refractivity contribution in [2.24, 2.45) is 5.73 Å². The fourth-order valence-electron chi connectivity index (χ4n) is 1.70. The summed E-state index contributed by atoms with van der Waals surface area (Å²) in [5.41, 5.74) is 6.84. The molecule has 0 saturated carbocycles. The summed E-state index contributed by atoms with van der Waals surface area (Å²) in [5.74, 6) is 5.26. The summed E-state index contributed by atoms with van der Waals surface area (Å²) in [5, 5.41) is 12.6. The number of carbonyl (C=O) groups excluding carboxylic acids is 1. The third-order valence-electron chi connectivity index (χ3n) is 2.66. The largest absolute Gasteiger partial charge is 0.508 e. The number of phenols is 1. The maximum absolute atomic E-state index is 12.1. The molecule has 0 aromatic heterocycles. The standard InChI is InChI=1S/C16H13ClN2O2/c17-15-7-6-13(9-11(15)4-2-8-18)19-16(21)12-3-1-5-14(20)10-12/h1,3,5-7,9-10,20H,8,18H2,(H,19,21). The first-order chi connectivity index (χ1) is 10.1. The number of aromatic hydroxyl groups is 1. The molecule has 0 aliphatic carbocycles. The number of nitrogens with one attached hydrogen (secondary N) is 1. The SMILES string of the molecule is NCC#Cc1cc(NC(=O)c2cccc(O)c2)ccc1Cl. The monoisotopic (exact) mass is 300 g/mol. The van der Waals surface area contributed by atoms with Gasteiger partial charge in [-0.15, -0.1) is 0 Å². The van der Waals surface area contributed by atoms with Crippen LogP contribution in [0.5, 0.6) is 5.75 Å². The average Bonchev–Trinajstić information content (AvgIpc) is 2.47. The summed E-state index contributed by atoms with van der Waals surface area (Å²) in [7, 11) is 0. The summed E-state index contributed by atoms with van der Waals surface area (Å²) in [4.78, 5) is 12.1. The van der Waals surface area contributed by atoms with Crippen LogP contribution in [0.15, 0.2) is 42.5 Å². The number of rotatable bonds is 2. The fourth-order valence-corrected chi connectivity index (χ4v) is 1.86. The van der Waals surface area contributed by atoms with Crippen molar-refractivity contribution in [1.29, 1.82) is 0 Å². The van der Waals surface area contributed by atoms with Gasteiger partial charge in [0, 0.05) is 16.8 Å². The fraction of sp³-hybridized carbons (Fsp3) is 0.0625. The van der Waals surface area contributed by atoms with Crippen molar-refractivity contribution in [3.05, 3.63) is 58.6 Å². The minimum Gasteiger partial charge on any atom is -0.508 e. The van der Waals surface area contributed by atoms with E-state index in [-0.39, 0.29) is 18.2 Å². The summed E-state index contributed by atoms with van der Waals surface area (Å²) in [6, 6.07) is 11.1. The Labute approximate surface area is 127 Å². The summed E-state index contributed by atoms with van der Waals surface area (Å²) in [6.45, 7) is 0.232. The average molecular weight is 301 g/mol. The van der Waals surface area contributed by atoms with Gasteiger partial charge in [0.15, 0.2) is 0 Å². The van der Waals surface area contributed by atoms with Gasteiger partial charge in [0.25, 0.3) is 5.91 Å². The highest BCUT2D eigenvalue weighted by Gasteiger charge is 2.08. The van der Waals surface area contributed by atoms with Crippen molar-refractivity contribution >= 4 is 23.2 Å². The maximum Gasteiger partial charge on any atom is 0.255 e. The van der Waals surface area contributed by atoms with E-state index in [4.69, 9.17) is 17.3 Å². The molecule has 1 amide bonds. The van der Waals surface area contributed by atoms with Gasteiger partial charge in [0.05, 0.1) is 11.6 Å². The van der Waals surface area contributed by atoms with Gasteiger partial charge in [0.2, 0.25) is 0 Å². The van der Waals surface area contributed by atoms with Crippen molar-refractivity contribution in [2.75, 3.05) is 11.9 Å². The first-order valence-corrected chi connectivity index (χ1v) is 6.57. The number of hydrogen-bond donors (Lipinski definition) is 3. The molecule has 0 atom stereocenters. The van der Waals surface area contributed by atoms with Crippen molar-refractivity contribution < 1.29 is 9.90 Å². The molecule has 4 nitrogen and oxygen atoms in total. The molecule has 0 spiro atoms. The highest BCUT2D eigenvalue weighted by atomic mass is 35.5. The molecule has 0 saturated heterocycles. The summed E-state index contributed by atoms with van der Waals surface area (Å²) >= 11 is 6.02. The molecule has 21 heavy (non-hydrogen) atoms. The Kier molecular flexibility index (Phi) is 4.83. The van der Waals surface area contributed by atoms with Crippen LogP contribution in [-0.2, 0) is 0 Å². The molecule has 106 valence electrons. The molecule has 0 unspecified atom stereocenters. The molecule has 0 fully saturated rings. The number of halogens is 1. The lowest BCUT2D eigenvalue weighted by atomic mass is 10.1. The molecule has 0 bridgehead atoms. The Morgan fingerprint density at radius 1 is 1.29 bits per heavy atom. The Bertz CT molecular complexity index is 733. The Hall–Kier alpha value is -2.48. The number of nitrogens with two attached hydrogens (primary N) is 1. The molecule has 0 radical (unpaired) electrons. The zero-order valence-electron chi connectivity index (χ0n) is 11.1. The third-order valence-corrected chi connectivity index (χ3v) is 2.99. The van der Waals surface area contributed by atoms with E-state index < -0.39 is 0 Å².